The van der Waals surface area contributed by atoms with Crippen molar-refractivity contribution in [2.24, 2.45) is 11.8 Å². The lowest BCUT2D eigenvalue weighted by Crippen LogP contribution is -2.58. The van der Waals surface area contributed by atoms with Gasteiger partial charge in [0, 0.05) is 38.5 Å². The van der Waals surface area contributed by atoms with Crippen molar-refractivity contribution in [3.63, 3.8) is 0 Å². The molecule has 3 heterocycles. The molecule has 0 radical (unpaired) electrons. The average molecular weight is 453 g/mol. The monoisotopic (exact) mass is 452 g/mol. The third-order valence-corrected chi connectivity index (χ3v) is 8.32. The molecule has 0 bridgehead atoms. The maximum atomic E-state index is 13.9. The number of hydrogen-bond donors (Lipinski definition) is 1. The highest BCUT2D eigenvalue weighted by Crippen LogP contribution is 2.38. The van der Waals surface area contributed by atoms with E-state index in [1.54, 1.807) is 0 Å². The second-order valence-electron chi connectivity index (χ2n) is 10.3. The molecular weight excluding hydrogens is 416 g/mol. The van der Waals surface area contributed by atoms with Crippen molar-refractivity contribution in [3.8, 4) is 0 Å². The van der Waals surface area contributed by atoms with Gasteiger partial charge in [-0.05, 0) is 63.1 Å². The van der Waals surface area contributed by atoms with E-state index >= 15 is 0 Å². The normalized spacial score (nSPS) is 27.2. The molecule has 0 unspecified atom stereocenters. The van der Waals surface area contributed by atoms with Gasteiger partial charge < -0.3 is 15.1 Å². The zero-order valence-corrected chi connectivity index (χ0v) is 19.5. The first-order valence-corrected chi connectivity index (χ1v) is 12.8. The molecule has 7 nitrogen and oxygen atoms in total. The van der Waals surface area contributed by atoms with Gasteiger partial charge in [-0.1, -0.05) is 36.8 Å². The molecule has 1 saturated carbocycles. The highest BCUT2D eigenvalue weighted by Gasteiger charge is 2.56. The summed E-state index contributed by atoms with van der Waals surface area (Å²) in [5, 5.41) is 3.17. The standard InChI is InChI=1S/C26H36N4O3/c31-23(21-9-6-10-21)29-15-11-22(12-16-29)26(19-20-7-2-1-3-8-20)24(32)30(25(33)27-26)18-17-28-13-4-5-14-28/h1-3,7-8,21-22H,4-6,9-19H2,(H,27,33)/t26-/m0/s1. The third-order valence-electron chi connectivity index (χ3n) is 8.32. The minimum Gasteiger partial charge on any atom is -0.342 e. The summed E-state index contributed by atoms with van der Waals surface area (Å²) in [4.78, 5) is 45.4. The van der Waals surface area contributed by atoms with Crippen molar-refractivity contribution in [2.75, 3.05) is 39.3 Å². The zero-order valence-electron chi connectivity index (χ0n) is 19.5. The van der Waals surface area contributed by atoms with Crippen LogP contribution in [0, 0.1) is 11.8 Å². The van der Waals surface area contributed by atoms with Crippen LogP contribution < -0.4 is 5.32 Å². The van der Waals surface area contributed by atoms with E-state index in [0.29, 0.717) is 26.1 Å². The summed E-state index contributed by atoms with van der Waals surface area (Å²) >= 11 is 0. The van der Waals surface area contributed by atoms with E-state index < -0.39 is 5.54 Å². The molecule has 4 amide bonds. The van der Waals surface area contributed by atoms with Gasteiger partial charge in [-0.15, -0.1) is 0 Å². The van der Waals surface area contributed by atoms with Gasteiger partial charge in [0.05, 0.1) is 0 Å². The van der Waals surface area contributed by atoms with Crippen molar-refractivity contribution in [1.82, 2.24) is 20.0 Å². The van der Waals surface area contributed by atoms with Crippen LogP contribution in [0.3, 0.4) is 0 Å². The molecule has 3 aliphatic heterocycles. The van der Waals surface area contributed by atoms with E-state index in [0.717, 1.165) is 57.3 Å². The lowest BCUT2D eigenvalue weighted by molar-refractivity contribution is -0.140. The van der Waals surface area contributed by atoms with Crippen LogP contribution >= 0.6 is 0 Å². The average Bonchev–Trinajstić information content (AvgIpc) is 3.39. The number of rotatable bonds is 7. The predicted molar refractivity (Wildman–Crippen MR) is 125 cm³/mol. The number of benzene rings is 1. The number of amides is 4. The highest BCUT2D eigenvalue weighted by atomic mass is 16.2. The number of carbonyl (C=O) groups is 3. The van der Waals surface area contributed by atoms with Crippen LogP contribution in [0.5, 0.6) is 0 Å². The Labute approximate surface area is 196 Å². The van der Waals surface area contributed by atoms with Gasteiger partial charge in [0.1, 0.15) is 5.54 Å². The number of likely N-dealkylation sites (tertiary alicyclic amines) is 2. The first-order valence-electron chi connectivity index (χ1n) is 12.8. The molecule has 4 aliphatic rings. The number of imide groups is 1. The topological polar surface area (TPSA) is 73.0 Å². The Kier molecular flexibility index (Phi) is 6.41. The van der Waals surface area contributed by atoms with Crippen molar-refractivity contribution in [1.29, 1.82) is 0 Å². The molecule has 1 aliphatic carbocycles. The largest absolute Gasteiger partial charge is 0.342 e. The Bertz CT molecular complexity index is 873. The molecule has 178 valence electrons. The number of piperidine rings is 1. The highest BCUT2D eigenvalue weighted by molar-refractivity contribution is 6.07. The maximum Gasteiger partial charge on any atom is 0.325 e. The molecule has 33 heavy (non-hydrogen) atoms. The summed E-state index contributed by atoms with van der Waals surface area (Å²) in [5.74, 6) is 0.426. The Hall–Kier alpha value is -2.41. The van der Waals surface area contributed by atoms with Gasteiger partial charge in [0.25, 0.3) is 5.91 Å². The Morgan fingerprint density at radius 3 is 2.24 bits per heavy atom. The van der Waals surface area contributed by atoms with Crippen LogP contribution in [-0.4, -0.2) is 77.4 Å². The van der Waals surface area contributed by atoms with Crippen LogP contribution in [0.1, 0.15) is 50.5 Å². The van der Waals surface area contributed by atoms with E-state index in [1.807, 2.05) is 35.2 Å². The van der Waals surface area contributed by atoms with E-state index in [2.05, 4.69) is 10.2 Å². The Morgan fingerprint density at radius 2 is 1.61 bits per heavy atom. The van der Waals surface area contributed by atoms with Crippen molar-refractivity contribution < 1.29 is 14.4 Å². The molecule has 1 aromatic carbocycles. The quantitative estimate of drug-likeness (QED) is 0.646. The molecule has 3 saturated heterocycles. The summed E-state index contributed by atoms with van der Waals surface area (Å²) < 4.78 is 0. The van der Waals surface area contributed by atoms with Gasteiger partial charge >= 0.3 is 6.03 Å². The molecule has 5 rings (SSSR count). The summed E-state index contributed by atoms with van der Waals surface area (Å²) in [5.41, 5.74) is 0.134. The van der Waals surface area contributed by atoms with E-state index in [-0.39, 0.29) is 29.7 Å². The lowest BCUT2D eigenvalue weighted by atomic mass is 9.73. The fourth-order valence-corrected chi connectivity index (χ4v) is 6.06. The number of carbonyl (C=O) groups excluding carboxylic acids is 3. The fraction of sp³-hybridized carbons (Fsp3) is 0.654. The van der Waals surface area contributed by atoms with Crippen LogP contribution in [-0.2, 0) is 16.0 Å². The van der Waals surface area contributed by atoms with Crippen molar-refractivity contribution in [2.45, 2.75) is 56.9 Å². The fourth-order valence-electron chi connectivity index (χ4n) is 6.06. The van der Waals surface area contributed by atoms with Gasteiger partial charge in [-0.2, -0.15) is 0 Å². The number of hydrogen-bond acceptors (Lipinski definition) is 4. The predicted octanol–water partition coefficient (Wildman–Crippen LogP) is 2.65. The number of nitrogens with one attached hydrogen (secondary N) is 1. The minimum absolute atomic E-state index is 0.0244. The maximum absolute atomic E-state index is 13.9. The van der Waals surface area contributed by atoms with Gasteiger partial charge in [0.15, 0.2) is 0 Å². The SMILES string of the molecule is O=C(C1CCC1)N1CCC([C@]2(Cc3ccccc3)NC(=O)N(CCN3CCCC3)C2=O)CC1. The van der Waals surface area contributed by atoms with Crippen LogP contribution in [0.15, 0.2) is 30.3 Å². The van der Waals surface area contributed by atoms with Gasteiger partial charge in [-0.3, -0.25) is 14.5 Å². The van der Waals surface area contributed by atoms with Crippen LogP contribution in [0.2, 0.25) is 0 Å². The molecule has 0 aromatic heterocycles. The van der Waals surface area contributed by atoms with Crippen LogP contribution in [0.25, 0.3) is 0 Å². The molecule has 1 atom stereocenters. The second-order valence-corrected chi connectivity index (χ2v) is 10.3. The molecule has 7 heteroatoms. The van der Waals surface area contributed by atoms with Crippen molar-refractivity contribution >= 4 is 17.8 Å². The summed E-state index contributed by atoms with van der Waals surface area (Å²) in [6.07, 6.45) is 7.55. The zero-order chi connectivity index (χ0) is 22.8. The van der Waals surface area contributed by atoms with Gasteiger partial charge in [0.2, 0.25) is 5.91 Å². The summed E-state index contributed by atoms with van der Waals surface area (Å²) in [7, 11) is 0. The summed E-state index contributed by atoms with van der Waals surface area (Å²) in [6, 6.07) is 9.73. The molecule has 4 fully saturated rings. The number of nitrogens with zero attached hydrogens (tertiary/aromatic N) is 3. The lowest BCUT2D eigenvalue weighted by Gasteiger charge is -2.42. The van der Waals surface area contributed by atoms with Gasteiger partial charge in [-0.25, -0.2) is 4.79 Å². The Morgan fingerprint density at radius 1 is 0.909 bits per heavy atom. The molecule has 0 spiro atoms. The first kappa shape index (κ1) is 22.4. The minimum atomic E-state index is -0.922. The third kappa shape index (κ3) is 4.39. The number of urea groups is 1. The smallest absolute Gasteiger partial charge is 0.325 e. The van der Waals surface area contributed by atoms with Crippen molar-refractivity contribution in [3.05, 3.63) is 35.9 Å². The van der Waals surface area contributed by atoms with Crippen LogP contribution in [0.4, 0.5) is 4.79 Å². The summed E-state index contributed by atoms with van der Waals surface area (Å²) in [6.45, 7) is 4.63. The second kappa shape index (κ2) is 9.45. The van der Waals surface area contributed by atoms with E-state index in [4.69, 9.17) is 0 Å². The van der Waals surface area contributed by atoms with E-state index in [9.17, 15) is 14.4 Å². The molecule has 1 N–H and O–H groups in total. The first-order chi connectivity index (χ1) is 16.1. The Balaban J connectivity index is 1.32. The molecular formula is C26H36N4O3. The molecule has 1 aromatic rings. The van der Waals surface area contributed by atoms with E-state index in [1.165, 1.54) is 17.7 Å².